The van der Waals surface area contributed by atoms with E-state index in [1.807, 2.05) is 0 Å². The minimum Gasteiger partial charge on any atom is -0.389 e. The summed E-state index contributed by atoms with van der Waals surface area (Å²) in [6.07, 6.45) is -2.45. The van der Waals surface area contributed by atoms with Gasteiger partial charge in [-0.15, -0.1) is 0 Å². The van der Waals surface area contributed by atoms with Crippen LogP contribution in [0.2, 0.25) is 0 Å². The maximum Gasteiger partial charge on any atom is 0.160 e. The summed E-state index contributed by atoms with van der Waals surface area (Å²) in [5.74, 6) is -0.465. The lowest BCUT2D eigenvalue weighted by atomic mass is 10.1. The standard InChI is InChI=1S/C5H11NO3/c1-3(7)5(9)4(8)2-6/h4-5,8-9H,2,6H2,1H3/t4?,5-/m1/s1. The summed E-state index contributed by atoms with van der Waals surface area (Å²) in [5.41, 5.74) is 4.95. The van der Waals surface area contributed by atoms with Gasteiger partial charge in [-0.2, -0.15) is 0 Å². The molecule has 4 N–H and O–H groups in total. The number of ketones is 1. The molecular formula is C5H11NO3. The number of hydrogen-bond donors (Lipinski definition) is 3. The second kappa shape index (κ2) is 3.55. The molecule has 9 heavy (non-hydrogen) atoms. The summed E-state index contributed by atoms with van der Waals surface area (Å²) in [5, 5.41) is 17.4. The molecule has 0 rings (SSSR count). The Hall–Kier alpha value is -0.450. The van der Waals surface area contributed by atoms with Crippen molar-refractivity contribution in [3.8, 4) is 0 Å². The van der Waals surface area contributed by atoms with Gasteiger partial charge in [-0.25, -0.2) is 0 Å². The molecule has 54 valence electrons. The summed E-state index contributed by atoms with van der Waals surface area (Å²) < 4.78 is 0. The minimum atomic E-state index is -1.32. The molecule has 0 fully saturated rings. The van der Waals surface area contributed by atoms with Gasteiger partial charge in [0.15, 0.2) is 5.78 Å². The normalized spacial score (nSPS) is 16.9. The summed E-state index contributed by atoms with van der Waals surface area (Å²) in [6.45, 7) is 1.10. The predicted molar refractivity (Wildman–Crippen MR) is 31.7 cm³/mol. The second-order valence-corrected chi connectivity index (χ2v) is 1.86. The first kappa shape index (κ1) is 8.55. The monoisotopic (exact) mass is 133 g/mol. The number of hydrogen-bond acceptors (Lipinski definition) is 4. The third-order valence-electron chi connectivity index (χ3n) is 1.02. The summed E-state index contributed by atoms with van der Waals surface area (Å²) in [4.78, 5) is 10.3. The van der Waals surface area contributed by atoms with Gasteiger partial charge in [0.1, 0.15) is 6.10 Å². The van der Waals surface area contributed by atoms with Gasteiger partial charge >= 0.3 is 0 Å². The highest BCUT2D eigenvalue weighted by Gasteiger charge is 2.18. The van der Waals surface area contributed by atoms with Crippen molar-refractivity contribution in [1.82, 2.24) is 0 Å². The molecule has 0 heterocycles. The van der Waals surface area contributed by atoms with Crippen molar-refractivity contribution in [3.63, 3.8) is 0 Å². The van der Waals surface area contributed by atoms with Gasteiger partial charge in [-0.05, 0) is 6.92 Å². The van der Waals surface area contributed by atoms with Crippen molar-refractivity contribution in [2.75, 3.05) is 6.54 Å². The smallest absolute Gasteiger partial charge is 0.160 e. The van der Waals surface area contributed by atoms with Crippen molar-refractivity contribution in [3.05, 3.63) is 0 Å². The summed E-state index contributed by atoms with van der Waals surface area (Å²) in [6, 6.07) is 0. The Morgan fingerprint density at radius 2 is 2.11 bits per heavy atom. The highest BCUT2D eigenvalue weighted by atomic mass is 16.3. The SMILES string of the molecule is CC(=O)[C@@H](O)C(O)CN. The molecule has 2 atom stereocenters. The van der Waals surface area contributed by atoms with Crippen LogP contribution in [0.4, 0.5) is 0 Å². The van der Waals surface area contributed by atoms with E-state index in [1.165, 1.54) is 6.92 Å². The average molecular weight is 133 g/mol. The van der Waals surface area contributed by atoms with E-state index in [4.69, 9.17) is 15.9 Å². The van der Waals surface area contributed by atoms with Crippen LogP contribution in [0.5, 0.6) is 0 Å². The Balaban J connectivity index is 3.72. The first-order valence-electron chi connectivity index (χ1n) is 2.66. The zero-order valence-electron chi connectivity index (χ0n) is 5.24. The molecule has 0 amide bonds. The molecular weight excluding hydrogens is 122 g/mol. The lowest BCUT2D eigenvalue weighted by Gasteiger charge is -2.11. The predicted octanol–water partition coefficient (Wildman–Crippen LogP) is -1.74. The molecule has 4 heteroatoms. The Morgan fingerprint density at radius 1 is 1.67 bits per heavy atom. The van der Waals surface area contributed by atoms with E-state index < -0.39 is 18.0 Å². The molecule has 4 nitrogen and oxygen atoms in total. The molecule has 0 radical (unpaired) electrons. The van der Waals surface area contributed by atoms with Crippen LogP contribution in [0.15, 0.2) is 0 Å². The molecule has 0 aliphatic rings. The van der Waals surface area contributed by atoms with Crippen molar-refractivity contribution < 1.29 is 15.0 Å². The lowest BCUT2D eigenvalue weighted by Crippen LogP contribution is -2.37. The minimum absolute atomic E-state index is 0.0965. The van der Waals surface area contributed by atoms with Gasteiger partial charge in [0.05, 0.1) is 6.10 Å². The zero-order chi connectivity index (χ0) is 7.44. The number of rotatable bonds is 3. The van der Waals surface area contributed by atoms with E-state index >= 15 is 0 Å². The van der Waals surface area contributed by atoms with Crippen LogP contribution >= 0.6 is 0 Å². The number of aliphatic hydroxyl groups is 2. The second-order valence-electron chi connectivity index (χ2n) is 1.86. The van der Waals surface area contributed by atoms with Crippen LogP contribution in [-0.4, -0.2) is 34.7 Å². The van der Waals surface area contributed by atoms with Gasteiger partial charge in [0.2, 0.25) is 0 Å². The third kappa shape index (κ3) is 2.55. The third-order valence-corrected chi connectivity index (χ3v) is 1.02. The summed E-state index contributed by atoms with van der Waals surface area (Å²) >= 11 is 0. The molecule has 0 bridgehead atoms. The average Bonchev–Trinajstić information content (AvgIpc) is 1.84. The maximum atomic E-state index is 10.3. The van der Waals surface area contributed by atoms with Crippen molar-refractivity contribution in [2.24, 2.45) is 5.73 Å². The molecule has 0 spiro atoms. The fourth-order valence-corrected chi connectivity index (χ4v) is 0.400. The number of aliphatic hydroxyl groups excluding tert-OH is 2. The molecule has 0 saturated carbocycles. The van der Waals surface area contributed by atoms with Crippen molar-refractivity contribution in [2.45, 2.75) is 19.1 Å². The van der Waals surface area contributed by atoms with E-state index in [9.17, 15) is 4.79 Å². The van der Waals surface area contributed by atoms with Crippen LogP contribution in [0, 0.1) is 0 Å². The van der Waals surface area contributed by atoms with Gasteiger partial charge in [0, 0.05) is 6.54 Å². The van der Waals surface area contributed by atoms with Crippen LogP contribution in [-0.2, 0) is 4.79 Å². The van der Waals surface area contributed by atoms with Gasteiger partial charge < -0.3 is 15.9 Å². The molecule has 0 aliphatic carbocycles. The maximum absolute atomic E-state index is 10.3. The molecule has 0 aliphatic heterocycles. The Morgan fingerprint density at radius 3 is 2.22 bits per heavy atom. The van der Waals surface area contributed by atoms with E-state index in [0.29, 0.717) is 0 Å². The fourth-order valence-electron chi connectivity index (χ4n) is 0.400. The molecule has 1 unspecified atom stereocenters. The number of carbonyl (C=O) groups excluding carboxylic acids is 1. The molecule has 0 aromatic rings. The Labute approximate surface area is 53.3 Å². The van der Waals surface area contributed by atoms with E-state index in [0.717, 1.165) is 0 Å². The molecule has 0 aromatic heterocycles. The van der Waals surface area contributed by atoms with Crippen molar-refractivity contribution >= 4 is 5.78 Å². The van der Waals surface area contributed by atoms with Crippen LogP contribution in [0.1, 0.15) is 6.92 Å². The topological polar surface area (TPSA) is 83.5 Å². The van der Waals surface area contributed by atoms with Gasteiger partial charge in [0.25, 0.3) is 0 Å². The van der Waals surface area contributed by atoms with Crippen LogP contribution < -0.4 is 5.73 Å². The zero-order valence-corrected chi connectivity index (χ0v) is 5.24. The van der Waals surface area contributed by atoms with Crippen LogP contribution in [0.25, 0.3) is 0 Å². The fraction of sp³-hybridized carbons (Fsp3) is 0.800. The Kier molecular flexibility index (Phi) is 3.37. The summed E-state index contributed by atoms with van der Waals surface area (Å²) in [7, 11) is 0. The number of Topliss-reactive ketones (excluding diaryl/α,β-unsaturated/α-hetero) is 1. The lowest BCUT2D eigenvalue weighted by molar-refractivity contribution is -0.130. The number of carbonyl (C=O) groups is 1. The quantitative estimate of drug-likeness (QED) is 0.426. The largest absolute Gasteiger partial charge is 0.389 e. The van der Waals surface area contributed by atoms with Crippen LogP contribution in [0.3, 0.4) is 0 Å². The Bertz CT molecular complexity index is 104. The van der Waals surface area contributed by atoms with Gasteiger partial charge in [-0.1, -0.05) is 0 Å². The number of nitrogens with two attached hydrogens (primary N) is 1. The highest BCUT2D eigenvalue weighted by molar-refractivity contribution is 5.80. The first-order valence-corrected chi connectivity index (χ1v) is 2.66. The highest BCUT2D eigenvalue weighted by Crippen LogP contribution is 1.91. The van der Waals surface area contributed by atoms with Crippen molar-refractivity contribution in [1.29, 1.82) is 0 Å². The van der Waals surface area contributed by atoms with Gasteiger partial charge in [-0.3, -0.25) is 4.79 Å². The van der Waals surface area contributed by atoms with E-state index in [2.05, 4.69) is 0 Å². The molecule has 0 aromatic carbocycles. The first-order chi connectivity index (χ1) is 4.09. The van der Waals surface area contributed by atoms with E-state index in [-0.39, 0.29) is 6.54 Å². The van der Waals surface area contributed by atoms with E-state index in [1.54, 1.807) is 0 Å². The molecule has 0 saturated heterocycles.